The number of likely N-dealkylation sites (N-methyl/N-ethyl adjacent to an activating group) is 4. The molecule has 1 fully saturated rings. The molecule has 0 unspecified atom stereocenters. The molecule has 1 aliphatic rings. The largest absolute Gasteiger partial charge is 0.451 e. The average molecular weight is 1170 g/mol. The molecule has 8 atom stereocenters. The minimum absolute atomic E-state index is 0.0472. The van der Waals surface area contributed by atoms with Gasteiger partial charge in [-0.3, -0.25) is 38.1 Å². The predicted molar refractivity (Wildman–Crippen MR) is 309 cm³/mol. The van der Waals surface area contributed by atoms with Crippen molar-refractivity contribution in [1.29, 1.82) is 0 Å². The molecule has 0 bridgehead atoms. The standard InChI is InChI=1S/C62H84N8O14/c1-37(2)27-49-59(77)81-41(9)55(73)65(11)52(30-40(7)8)62(80)84-54(32-44-17-21-46(22-18-44)34-70-48(36-72)24-26-64-70)58(76)68(14)50(28-38(3)4)60(78)82-42(10)56(74)66(12)51(29-39(5)6)61(79)83-53(57(75)67(49)13)31-43-15-19-45(20-16-43)33-69-47(35-71)23-25-63-69/h15-26,35-42,49-54H,27-34H2,1-14H3/t41-,42-,49+,50+,51+,52+,53-,54-/m1/s1. The fourth-order valence-electron chi connectivity index (χ4n) is 9.97. The predicted octanol–water partition coefficient (Wildman–Crippen LogP) is 5.78. The highest BCUT2D eigenvalue weighted by molar-refractivity contribution is 5.94. The third-order valence-corrected chi connectivity index (χ3v) is 14.8. The molecule has 0 N–H and O–H groups in total. The van der Waals surface area contributed by atoms with Gasteiger partial charge in [0, 0.05) is 53.4 Å². The highest BCUT2D eigenvalue weighted by Gasteiger charge is 2.43. The first-order valence-corrected chi connectivity index (χ1v) is 28.6. The summed E-state index contributed by atoms with van der Waals surface area (Å²) in [5.74, 6) is -7.88. The van der Waals surface area contributed by atoms with E-state index in [0.29, 0.717) is 35.1 Å². The summed E-state index contributed by atoms with van der Waals surface area (Å²) in [6, 6.07) is 11.9. The lowest BCUT2D eigenvalue weighted by Crippen LogP contribution is -2.55. The number of benzene rings is 2. The van der Waals surface area contributed by atoms with E-state index in [4.69, 9.17) is 18.9 Å². The topological polar surface area (TPSA) is 256 Å². The van der Waals surface area contributed by atoms with E-state index in [9.17, 15) is 38.4 Å². The van der Waals surface area contributed by atoms with Gasteiger partial charge in [0.05, 0.1) is 13.1 Å². The van der Waals surface area contributed by atoms with E-state index in [1.165, 1.54) is 63.8 Å². The second kappa shape index (κ2) is 30.5. The molecule has 84 heavy (non-hydrogen) atoms. The zero-order valence-corrected chi connectivity index (χ0v) is 51.0. The summed E-state index contributed by atoms with van der Waals surface area (Å²) in [5.41, 5.74) is 3.37. The first-order chi connectivity index (χ1) is 39.6. The Balaban J connectivity index is 1.59. The van der Waals surface area contributed by atoms with Crippen LogP contribution in [0.3, 0.4) is 0 Å². The Bertz CT molecular complexity index is 2720. The maximum atomic E-state index is 15.0. The lowest BCUT2D eigenvalue weighted by atomic mass is 9.99. The van der Waals surface area contributed by atoms with Crippen molar-refractivity contribution in [1.82, 2.24) is 39.2 Å². The van der Waals surface area contributed by atoms with Crippen molar-refractivity contribution in [2.45, 2.75) is 169 Å². The number of aldehydes is 2. The Hall–Kier alpha value is -8.04. The summed E-state index contributed by atoms with van der Waals surface area (Å²) < 4.78 is 27.2. The number of esters is 4. The third-order valence-electron chi connectivity index (χ3n) is 14.8. The number of rotatable bonds is 18. The van der Waals surface area contributed by atoms with E-state index >= 15 is 9.59 Å². The van der Waals surface area contributed by atoms with E-state index < -0.39 is 96.1 Å². The lowest BCUT2D eigenvalue weighted by Gasteiger charge is -2.35. The summed E-state index contributed by atoms with van der Waals surface area (Å²) >= 11 is 0. The first-order valence-electron chi connectivity index (χ1n) is 28.6. The fraction of sp³-hybridized carbons (Fsp3) is 0.548. The number of cyclic esters (lactones) is 4. The molecule has 5 rings (SSSR count). The maximum Gasteiger partial charge on any atom is 0.329 e. The van der Waals surface area contributed by atoms with Gasteiger partial charge in [-0.05, 0) is 97.6 Å². The van der Waals surface area contributed by atoms with Crippen LogP contribution in [0.5, 0.6) is 0 Å². The summed E-state index contributed by atoms with van der Waals surface area (Å²) in [5, 5.41) is 8.43. The van der Waals surface area contributed by atoms with Crippen LogP contribution in [0.1, 0.15) is 138 Å². The molecule has 3 heterocycles. The van der Waals surface area contributed by atoms with Crippen LogP contribution in [-0.2, 0) is 83.2 Å². The van der Waals surface area contributed by atoms with Gasteiger partial charge in [-0.1, -0.05) is 104 Å². The molecule has 22 heteroatoms. The molecule has 0 saturated carbocycles. The van der Waals surface area contributed by atoms with Gasteiger partial charge in [-0.15, -0.1) is 0 Å². The first kappa shape index (κ1) is 66.8. The van der Waals surface area contributed by atoms with Gasteiger partial charge >= 0.3 is 23.9 Å². The lowest BCUT2D eigenvalue weighted by molar-refractivity contribution is -0.176. The summed E-state index contributed by atoms with van der Waals surface area (Å²) in [6.07, 6.45) is -2.02. The van der Waals surface area contributed by atoms with Crippen molar-refractivity contribution in [2.75, 3.05) is 28.2 Å². The van der Waals surface area contributed by atoms with Crippen LogP contribution in [0.2, 0.25) is 0 Å². The van der Waals surface area contributed by atoms with Gasteiger partial charge in [0.15, 0.2) is 37.0 Å². The molecule has 4 aromatic rings. The number of ether oxygens (including phenoxy) is 4. The summed E-state index contributed by atoms with van der Waals surface area (Å²) in [7, 11) is 5.45. The average Bonchev–Trinajstić information content (AvgIpc) is 4.14. The minimum Gasteiger partial charge on any atom is -0.451 e. The molecular formula is C62H84N8O14. The Kier molecular flexibility index (Phi) is 24.2. The maximum absolute atomic E-state index is 15.0. The number of amides is 4. The van der Waals surface area contributed by atoms with Gasteiger partial charge in [0.2, 0.25) is 0 Å². The van der Waals surface area contributed by atoms with Crippen LogP contribution in [0, 0.1) is 23.7 Å². The Morgan fingerprint density at radius 2 is 0.667 bits per heavy atom. The van der Waals surface area contributed by atoms with Crippen molar-refractivity contribution >= 4 is 60.1 Å². The monoisotopic (exact) mass is 1160 g/mol. The van der Waals surface area contributed by atoms with Crippen LogP contribution in [0.15, 0.2) is 73.1 Å². The van der Waals surface area contributed by atoms with Crippen LogP contribution >= 0.6 is 0 Å². The van der Waals surface area contributed by atoms with Gasteiger partial charge in [0.25, 0.3) is 23.6 Å². The SMILES string of the molecule is CC(C)C[C@H]1C(=O)O[C@H](Cc2ccc(Cn3nccc3C=O)cc2)C(=O)N(C)[C@@H](CC(C)C)C(=O)O[C@H](C)C(=O)N(C)[C@@H](CC(C)C)C(=O)O[C@H](Cc2ccc(Cn3nccc3C=O)cc2)C(=O)N(C)[C@@H](CC(C)C)C(=O)O[C@H](C)C(=O)N1C. The van der Waals surface area contributed by atoms with Crippen molar-refractivity contribution in [3.8, 4) is 0 Å². The Labute approximate surface area is 492 Å². The second-order valence-electron chi connectivity index (χ2n) is 23.5. The fourth-order valence-corrected chi connectivity index (χ4v) is 9.97. The minimum atomic E-state index is -1.59. The number of aromatic nitrogens is 4. The number of carbonyl (C=O) groups is 10. The highest BCUT2D eigenvalue weighted by Crippen LogP contribution is 2.25. The Morgan fingerprint density at radius 3 is 0.940 bits per heavy atom. The normalized spacial score (nSPS) is 22.6. The molecule has 1 aliphatic heterocycles. The molecule has 2 aromatic heterocycles. The molecule has 4 amide bonds. The molecule has 0 spiro atoms. The van der Waals surface area contributed by atoms with Gasteiger partial charge < -0.3 is 38.5 Å². The quantitative estimate of drug-likeness (QED) is 0.0650. The highest BCUT2D eigenvalue weighted by atomic mass is 16.6. The molecule has 2 aromatic carbocycles. The van der Waals surface area contributed by atoms with E-state index in [1.807, 2.05) is 55.4 Å². The zero-order valence-electron chi connectivity index (χ0n) is 51.0. The van der Waals surface area contributed by atoms with Crippen molar-refractivity contribution < 1.29 is 66.9 Å². The van der Waals surface area contributed by atoms with Crippen LogP contribution in [0.25, 0.3) is 0 Å². The van der Waals surface area contributed by atoms with Crippen molar-refractivity contribution in [2.24, 2.45) is 23.7 Å². The van der Waals surface area contributed by atoms with Crippen LogP contribution in [0.4, 0.5) is 0 Å². The van der Waals surface area contributed by atoms with E-state index in [-0.39, 0.29) is 75.3 Å². The number of hydrogen-bond acceptors (Lipinski definition) is 16. The zero-order chi connectivity index (χ0) is 62.3. The van der Waals surface area contributed by atoms with Gasteiger partial charge in [-0.2, -0.15) is 10.2 Å². The van der Waals surface area contributed by atoms with Crippen LogP contribution in [-0.4, -0.2) is 176 Å². The number of hydrogen-bond donors (Lipinski definition) is 0. The molecule has 1 saturated heterocycles. The molecule has 456 valence electrons. The number of carbonyl (C=O) groups excluding carboxylic acids is 10. The van der Waals surface area contributed by atoms with Gasteiger partial charge in [0.1, 0.15) is 35.6 Å². The smallest absolute Gasteiger partial charge is 0.329 e. The summed E-state index contributed by atoms with van der Waals surface area (Å²) in [6.45, 7) is 17.8. The molecule has 0 aliphatic carbocycles. The van der Waals surface area contributed by atoms with Crippen LogP contribution < -0.4 is 0 Å². The third kappa shape index (κ3) is 18.0. The summed E-state index contributed by atoms with van der Waals surface area (Å²) in [4.78, 5) is 145. The van der Waals surface area contributed by atoms with E-state index in [2.05, 4.69) is 10.2 Å². The molecular weight excluding hydrogens is 1080 g/mol. The second-order valence-corrected chi connectivity index (χ2v) is 23.5. The van der Waals surface area contributed by atoms with Gasteiger partial charge in [-0.25, -0.2) is 19.2 Å². The van der Waals surface area contributed by atoms with E-state index in [0.717, 1.165) is 30.7 Å². The number of nitrogens with zero attached hydrogens (tertiary/aromatic N) is 8. The van der Waals surface area contributed by atoms with Crippen molar-refractivity contribution in [3.63, 3.8) is 0 Å². The van der Waals surface area contributed by atoms with Crippen molar-refractivity contribution in [3.05, 3.63) is 107 Å². The molecule has 0 radical (unpaired) electrons. The molecule has 22 nitrogen and oxygen atoms in total. The van der Waals surface area contributed by atoms with E-state index in [1.54, 1.807) is 60.7 Å². The Morgan fingerprint density at radius 1 is 0.405 bits per heavy atom.